The number of nitrogens with one attached hydrogen (secondary N) is 1. The first kappa shape index (κ1) is 12.3. The van der Waals surface area contributed by atoms with Gasteiger partial charge in [-0.2, -0.15) is 0 Å². The molecule has 0 aromatic heterocycles. The van der Waals surface area contributed by atoms with Crippen LogP contribution >= 0.6 is 0 Å². The monoisotopic (exact) mass is 205 g/mol. The molecule has 1 aromatic carbocycles. The zero-order valence-electron chi connectivity index (χ0n) is 10.00. The fraction of sp³-hybridized carbons (Fsp3) is 0.571. The molecule has 0 aliphatic rings. The molecule has 0 aliphatic carbocycles. The molecular weight excluding hydrogens is 182 g/mol. The van der Waals surface area contributed by atoms with Gasteiger partial charge in [0, 0.05) is 0 Å². The maximum atomic E-state index is 3.47. The Morgan fingerprint density at radius 2 is 1.80 bits per heavy atom. The van der Waals surface area contributed by atoms with Crippen molar-refractivity contribution < 1.29 is 0 Å². The molecule has 0 spiro atoms. The SMILES string of the molecule is CC(C)CNCCCCc1ccccc1. The van der Waals surface area contributed by atoms with Gasteiger partial charge in [0.1, 0.15) is 0 Å². The van der Waals surface area contributed by atoms with Crippen molar-refractivity contribution in [1.29, 1.82) is 0 Å². The number of aryl methyl sites for hydroxylation is 1. The molecule has 1 rings (SSSR count). The fourth-order valence-electron chi connectivity index (χ4n) is 1.61. The van der Waals surface area contributed by atoms with Crippen LogP contribution < -0.4 is 5.32 Å². The van der Waals surface area contributed by atoms with Gasteiger partial charge in [0.25, 0.3) is 0 Å². The van der Waals surface area contributed by atoms with Crippen LogP contribution in [0.15, 0.2) is 30.3 Å². The Bertz CT molecular complexity index is 241. The predicted octanol–water partition coefficient (Wildman–Crippen LogP) is 3.25. The van der Waals surface area contributed by atoms with E-state index in [4.69, 9.17) is 0 Å². The van der Waals surface area contributed by atoms with Crippen molar-refractivity contribution in [3.63, 3.8) is 0 Å². The summed E-state index contributed by atoms with van der Waals surface area (Å²) in [5.74, 6) is 0.763. The third-order valence-corrected chi connectivity index (χ3v) is 2.46. The Morgan fingerprint density at radius 3 is 2.47 bits per heavy atom. The first-order chi connectivity index (χ1) is 7.29. The summed E-state index contributed by atoms with van der Waals surface area (Å²) in [6.07, 6.45) is 3.78. The van der Waals surface area contributed by atoms with Gasteiger partial charge in [-0.1, -0.05) is 44.2 Å². The molecule has 0 fully saturated rings. The minimum Gasteiger partial charge on any atom is -0.316 e. The molecule has 0 amide bonds. The maximum Gasteiger partial charge on any atom is -0.00258 e. The van der Waals surface area contributed by atoms with E-state index >= 15 is 0 Å². The number of hydrogen-bond acceptors (Lipinski definition) is 1. The molecule has 0 atom stereocenters. The normalized spacial score (nSPS) is 10.9. The molecule has 0 unspecified atom stereocenters. The Hall–Kier alpha value is -0.820. The predicted molar refractivity (Wildman–Crippen MR) is 67.1 cm³/mol. The number of hydrogen-bond donors (Lipinski definition) is 1. The van der Waals surface area contributed by atoms with Gasteiger partial charge in [-0.05, 0) is 43.8 Å². The third-order valence-electron chi connectivity index (χ3n) is 2.46. The van der Waals surface area contributed by atoms with Crippen molar-refractivity contribution >= 4 is 0 Å². The first-order valence-electron chi connectivity index (χ1n) is 6.03. The molecule has 0 aliphatic heterocycles. The average Bonchev–Trinajstić information content (AvgIpc) is 2.24. The maximum absolute atomic E-state index is 3.47. The van der Waals surface area contributed by atoms with E-state index in [0.717, 1.165) is 19.0 Å². The summed E-state index contributed by atoms with van der Waals surface area (Å²) in [6.45, 7) is 6.80. The summed E-state index contributed by atoms with van der Waals surface area (Å²) in [6, 6.07) is 10.7. The third kappa shape index (κ3) is 6.29. The van der Waals surface area contributed by atoms with E-state index < -0.39 is 0 Å². The molecule has 1 nitrogen and oxygen atoms in total. The molecule has 0 heterocycles. The molecule has 0 bridgehead atoms. The van der Waals surface area contributed by atoms with Crippen molar-refractivity contribution in [3.8, 4) is 0 Å². The van der Waals surface area contributed by atoms with Crippen LogP contribution in [0.25, 0.3) is 0 Å². The van der Waals surface area contributed by atoms with Crippen molar-refractivity contribution in [3.05, 3.63) is 35.9 Å². The highest BCUT2D eigenvalue weighted by Gasteiger charge is 1.94. The summed E-state index contributed by atoms with van der Waals surface area (Å²) in [7, 11) is 0. The van der Waals surface area contributed by atoms with Gasteiger partial charge in [-0.15, -0.1) is 0 Å². The lowest BCUT2D eigenvalue weighted by Crippen LogP contribution is -2.20. The molecule has 0 radical (unpaired) electrons. The van der Waals surface area contributed by atoms with Gasteiger partial charge in [0.2, 0.25) is 0 Å². The zero-order chi connectivity index (χ0) is 10.9. The molecule has 0 saturated carbocycles. The second kappa shape index (κ2) is 7.47. The summed E-state index contributed by atoms with van der Waals surface area (Å²) in [5, 5.41) is 3.47. The van der Waals surface area contributed by atoms with Crippen molar-refractivity contribution in [2.45, 2.75) is 33.1 Å². The Kier molecular flexibility index (Phi) is 6.10. The second-order valence-electron chi connectivity index (χ2n) is 4.54. The van der Waals surface area contributed by atoms with Crippen LogP contribution in [-0.4, -0.2) is 13.1 Å². The molecular formula is C14H23N. The largest absolute Gasteiger partial charge is 0.316 e. The van der Waals surface area contributed by atoms with Crippen LogP contribution in [0.4, 0.5) is 0 Å². The van der Waals surface area contributed by atoms with Crippen LogP contribution in [0.3, 0.4) is 0 Å². The second-order valence-corrected chi connectivity index (χ2v) is 4.54. The van der Waals surface area contributed by atoms with Crippen LogP contribution in [0.1, 0.15) is 32.3 Å². The summed E-state index contributed by atoms with van der Waals surface area (Å²) >= 11 is 0. The molecule has 15 heavy (non-hydrogen) atoms. The lowest BCUT2D eigenvalue weighted by Gasteiger charge is -2.06. The molecule has 1 heteroatoms. The van der Waals surface area contributed by atoms with Crippen molar-refractivity contribution in [2.75, 3.05) is 13.1 Å². The smallest absolute Gasteiger partial charge is 0.00258 e. The van der Waals surface area contributed by atoms with E-state index in [1.807, 2.05) is 0 Å². The fourth-order valence-corrected chi connectivity index (χ4v) is 1.61. The van der Waals surface area contributed by atoms with Crippen molar-refractivity contribution in [1.82, 2.24) is 5.32 Å². The van der Waals surface area contributed by atoms with Gasteiger partial charge in [0.15, 0.2) is 0 Å². The minimum atomic E-state index is 0.763. The van der Waals surface area contributed by atoms with Crippen LogP contribution in [0.2, 0.25) is 0 Å². The van der Waals surface area contributed by atoms with Gasteiger partial charge in [-0.25, -0.2) is 0 Å². The average molecular weight is 205 g/mol. The lowest BCUT2D eigenvalue weighted by molar-refractivity contribution is 0.535. The Balaban J connectivity index is 1.98. The highest BCUT2D eigenvalue weighted by atomic mass is 14.8. The molecule has 1 aromatic rings. The quantitative estimate of drug-likeness (QED) is 0.674. The first-order valence-corrected chi connectivity index (χ1v) is 6.03. The summed E-state index contributed by atoms with van der Waals surface area (Å²) < 4.78 is 0. The van der Waals surface area contributed by atoms with Gasteiger partial charge >= 0.3 is 0 Å². The molecule has 0 saturated heterocycles. The number of rotatable bonds is 7. The summed E-state index contributed by atoms with van der Waals surface area (Å²) in [4.78, 5) is 0. The van der Waals surface area contributed by atoms with E-state index in [0.29, 0.717) is 0 Å². The standard InChI is InChI=1S/C14H23N/c1-13(2)12-15-11-7-6-10-14-8-4-3-5-9-14/h3-5,8-9,13,15H,6-7,10-12H2,1-2H3. The van der Waals surface area contributed by atoms with Crippen molar-refractivity contribution in [2.24, 2.45) is 5.92 Å². The van der Waals surface area contributed by atoms with Gasteiger partial charge in [-0.3, -0.25) is 0 Å². The van der Waals surface area contributed by atoms with Gasteiger partial charge < -0.3 is 5.32 Å². The topological polar surface area (TPSA) is 12.0 Å². The van der Waals surface area contributed by atoms with Crippen LogP contribution in [-0.2, 0) is 6.42 Å². The molecule has 84 valence electrons. The lowest BCUT2D eigenvalue weighted by atomic mass is 10.1. The minimum absolute atomic E-state index is 0.763. The highest BCUT2D eigenvalue weighted by molar-refractivity contribution is 5.14. The van der Waals surface area contributed by atoms with Gasteiger partial charge in [0.05, 0.1) is 0 Å². The summed E-state index contributed by atoms with van der Waals surface area (Å²) in [5.41, 5.74) is 1.46. The Morgan fingerprint density at radius 1 is 1.07 bits per heavy atom. The van der Waals surface area contributed by atoms with E-state index in [1.165, 1.54) is 24.8 Å². The van der Waals surface area contributed by atoms with E-state index in [-0.39, 0.29) is 0 Å². The Labute approximate surface area is 93.9 Å². The van der Waals surface area contributed by atoms with E-state index in [9.17, 15) is 0 Å². The van der Waals surface area contributed by atoms with E-state index in [2.05, 4.69) is 49.5 Å². The van der Waals surface area contributed by atoms with Crippen LogP contribution in [0.5, 0.6) is 0 Å². The van der Waals surface area contributed by atoms with Crippen LogP contribution in [0, 0.1) is 5.92 Å². The number of benzene rings is 1. The zero-order valence-corrected chi connectivity index (χ0v) is 10.00. The molecule has 1 N–H and O–H groups in total. The highest BCUT2D eigenvalue weighted by Crippen LogP contribution is 2.03. The number of unbranched alkanes of at least 4 members (excludes halogenated alkanes) is 1. The van der Waals surface area contributed by atoms with E-state index in [1.54, 1.807) is 0 Å².